The normalized spacial score (nSPS) is 18.2. The number of aryl methyl sites for hydroxylation is 2. The number of aliphatic carboxylic acids is 1. The van der Waals surface area contributed by atoms with Crippen molar-refractivity contribution in [1.29, 1.82) is 0 Å². The van der Waals surface area contributed by atoms with Gasteiger partial charge in [-0.1, -0.05) is 42.6 Å². The zero-order valence-electron chi connectivity index (χ0n) is 21.1. The van der Waals surface area contributed by atoms with E-state index in [9.17, 15) is 14.7 Å². The number of anilines is 1. The highest BCUT2D eigenvalue weighted by Gasteiger charge is 2.31. The van der Waals surface area contributed by atoms with Crippen LogP contribution in [0.2, 0.25) is 5.02 Å². The van der Waals surface area contributed by atoms with Gasteiger partial charge in [-0.05, 0) is 44.9 Å². The van der Waals surface area contributed by atoms with E-state index in [-0.39, 0.29) is 11.8 Å². The molecule has 4 rings (SSSR count). The predicted octanol–water partition coefficient (Wildman–Crippen LogP) is 6.02. The van der Waals surface area contributed by atoms with Crippen molar-refractivity contribution in [2.45, 2.75) is 45.6 Å². The Morgan fingerprint density at radius 3 is 2.70 bits per heavy atom. The fourth-order valence-corrected chi connectivity index (χ4v) is 5.00. The van der Waals surface area contributed by atoms with Gasteiger partial charge in [0.05, 0.1) is 35.7 Å². The minimum Gasteiger partial charge on any atom is -0.491 e. The van der Waals surface area contributed by atoms with E-state index in [1.165, 1.54) is 4.68 Å². The molecule has 10 heteroatoms. The molecular formula is C27H31ClN4O5. The van der Waals surface area contributed by atoms with E-state index in [0.717, 1.165) is 19.3 Å². The van der Waals surface area contributed by atoms with Crippen molar-refractivity contribution in [2.24, 2.45) is 18.9 Å². The fraction of sp³-hybridized carbons (Fsp3) is 0.407. The number of carboxylic acids is 1. The molecule has 0 radical (unpaired) electrons. The third-order valence-corrected chi connectivity index (χ3v) is 7.12. The monoisotopic (exact) mass is 526 g/mol. The lowest BCUT2D eigenvalue weighted by Gasteiger charge is -2.28. The molecule has 196 valence electrons. The Kier molecular flexibility index (Phi) is 8.33. The summed E-state index contributed by atoms with van der Waals surface area (Å²) in [5.41, 5.74) is 2.59. The zero-order valence-corrected chi connectivity index (χ0v) is 21.9. The molecule has 2 aromatic heterocycles. The largest absolute Gasteiger partial charge is 0.491 e. The number of hydrogen-bond acceptors (Lipinski definition) is 6. The Balaban J connectivity index is 1.44. The first-order valence-electron chi connectivity index (χ1n) is 12.3. The number of nitrogens with one attached hydrogen (secondary N) is 1. The van der Waals surface area contributed by atoms with Crippen LogP contribution < -0.4 is 10.1 Å². The first-order valence-corrected chi connectivity index (χ1v) is 12.7. The molecule has 1 fully saturated rings. The molecule has 2 heterocycles. The second-order valence-electron chi connectivity index (χ2n) is 9.30. The van der Waals surface area contributed by atoms with Crippen LogP contribution in [0.4, 0.5) is 10.6 Å². The Labute approximate surface area is 220 Å². The van der Waals surface area contributed by atoms with Crippen LogP contribution in [-0.4, -0.2) is 38.5 Å². The minimum atomic E-state index is -0.755. The van der Waals surface area contributed by atoms with Crippen molar-refractivity contribution in [1.82, 2.24) is 14.8 Å². The van der Waals surface area contributed by atoms with Gasteiger partial charge in [-0.2, -0.15) is 5.10 Å². The second-order valence-corrected chi connectivity index (χ2v) is 9.71. The number of carbonyl (C=O) groups is 2. The number of hydrogen-bond donors (Lipinski definition) is 2. The van der Waals surface area contributed by atoms with E-state index in [4.69, 9.17) is 21.1 Å². The SMILES string of the molecule is Cc1nc(-c2cnn(C)c2NC(=O)O[C@H](C)c2ccccc2Cl)ccc1OCC1CCCCC1C(=O)O. The van der Waals surface area contributed by atoms with Gasteiger partial charge in [-0.25, -0.2) is 9.78 Å². The summed E-state index contributed by atoms with van der Waals surface area (Å²) in [4.78, 5) is 28.9. The van der Waals surface area contributed by atoms with Gasteiger partial charge in [0.15, 0.2) is 0 Å². The van der Waals surface area contributed by atoms with Crippen molar-refractivity contribution in [3.8, 4) is 17.0 Å². The highest BCUT2D eigenvalue weighted by Crippen LogP contribution is 2.33. The highest BCUT2D eigenvalue weighted by molar-refractivity contribution is 6.31. The van der Waals surface area contributed by atoms with Crippen molar-refractivity contribution in [3.63, 3.8) is 0 Å². The topological polar surface area (TPSA) is 116 Å². The average molecular weight is 527 g/mol. The Morgan fingerprint density at radius 2 is 1.97 bits per heavy atom. The van der Waals surface area contributed by atoms with Crippen molar-refractivity contribution in [3.05, 3.63) is 58.9 Å². The molecule has 0 bridgehead atoms. The molecule has 0 aliphatic heterocycles. The number of carboxylic acid groups (broad SMARTS) is 1. The molecule has 1 aliphatic rings. The van der Waals surface area contributed by atoms with E-state index in [1.54, 1.807) is 32.3 Å². The van der Waals surface area contributed by atoms with E-state index in [2.05, 4.69) is 15.4 Å². The third kappa shape index (κ3) is 6.22. The Bertz CT molecular complexity index is 1280. The van der Waals surface area contributed by atoms with Gasteiger partial charge in [-0.3, -0.25) is 14.8 Å². The first-order chi connectivity index (χ1) is 17.7. The molecular weight excluding hydrogens is 496 g/mol. The first kappa shape index (κ1) is 26.5. The maximum absolute atomic E-state index is 12.7. The van der Waals surface area contributed by atoms with Gasteiger partial charge in [0.1, 0.15) is 17.7 Å². The standard InChI is InChI=1S/C27H31ClN4O5/c1-16-24(36-15-18-8-4-5-10-20(18)26(33)34)13-12-23(30-16)21-14-29-32(3)25(21)31-27(35)37-17(2)19-9-6-7-11-22(19)28/h6-7,9,11-14,17-18,20H,4-5,8,10,15H2,1-3H3,(H,31,35)(H,33,34)/t17-,18?,20?/m1/s1. The van der Waals surface area contributed by atoms with E-state index < -0.39 is 18.2 Å². The molecule has 37 heavy (non-hydrogen) atoms. The minimum absolute atomic E-state index is 0.0152. The van der Waals surface area contributed by atoms with Crippen LogP contribution in [0, 0.1) is 18.8 Å². The molecule has 1 aliphatic carbocycles. The second kappa shape index (κ2) is 11.6. The summed E-state index contributed by atoms with van der Waals surface area (Å²) in [5.74, 6) is -0.104. The molecule has 1 amide bonds. The molecule has 1 saturated carbocycles. The summed E-state index contributed by atoms with van der Waals surface area (Å²) in [7, 11) is 1.71. The van der Waals surface area contributed by atoms with Gasteiger partial charge in [-0.15, -0.1) is 0 Å². The lowest BCUT2D eigenvalue weighted by molar-refractivity contribution is -0.145. The summed E-state index contributed by atoms with van der Waals surface area (Å²) in [6, 6.07) is 10.8. The van der Waals surface area contributed by atoms with Gasteiger partial charge in [0.2, 0.25) is 0 Å². The Morgan fingerprint density at radius 1 is 1.22 bits per heavy atom. The maximum atomic E-state index is 12.7. The molecule has 3 aromatic rings. The van der Waals surface area contributed by atoms with E-state index >= 15 is 0 Å². The number of halogens is 1. The number of aromatic nitrogens is 3. The lowest BCUT2D eigenvalue weighted by Crippen LogP contribution is -2.31. The number of carbonyl (C=O) groups excluding carboxylic acids is 1. The molecule has 1 aromatic carbocycles. The van der Waals surface area contributed by atoms with Gasteiger partial charge in [0.25, 0.3) is 0 Å². The van der Waals surface area contributed by atoms with Crippen LogP contribution in [0.5, 0.6) is 5.75 Å². The molecule has 3 atom stereocenters. The zero-order chi connectivity index (χ0) is 26.5. The molecule has 2 N–H and O–H groups in total. The van der Waals surface area contributed by atoms with Crippen LogP contribution in [0.25, 0.3) is 11.3 Å². The highest BCUT2D eigenvalue weighted by atomic mass is 35.5. The van der Waals surface area contributed by atoms with E-state index in [1.807, 2.05) is 31.2 Å². The van der Waals surface area contributed by atoms with Crippen molar-refractivity contribution in [2.75, 3.05) is 11.9 Å². The third-order valence-electron chi connectivity index (χ3n) is 6.78. The summed E-state index contributed by atoms with van der Waals surface area (Å²) in [6.45, 7) is 3.92. The van der Waals surface area contributed by atoms with Gasteiger partial charge >= 0.3 is 12.1 Å². The number of ether oxygens (including phenoxy) is 2. The molecule has 0 spiro atoms. The van der Waals surface area contributed by atoms with Crippen LogP contribution in [0.15, 0.2) is 42.6 Å². The summed E-state index contributed by atoms with van der Waals surface area (Å²) in [5, 5.41) is 17.1. The number of rotatable bonds is 8. The van der Waals surface area contributed by atoms with Gasteiger partial charge in [0, 0.05) is 23.6 Å². The van der Waals surface area contributed by atoms with Crippen molar-refractivity contribution >= 4 is 29.5 Å². The van der Waals surface area contributed by atoms with Crippen molar-refractivity contribution < 1.29 is 24.2 Å². The predicted molar refractivity (Wildman–Crippen MR) is 140 cm³/mol. The summed E-state index contributed by atoms with van der Waals surface area (Å²) in [6.07, 6.45) is 3.92. The van der Waals surface area contributed by atoms with Crippen LogP contribution in [0.1, 0.15) is 50.0 Å². The number of pyridine rings is 1. The average Bonchev–Trinajstić information content (AvgIpc) is 3.23. The molecule has 9 nitrogen and oxygen atoms in total. The van der Waals surface area contributed by atoms with Gasteiger partial charge < -0.3 is 14.6 Å². The summed E-state index contributed by atoms with van der Waals surface area (Å²) >= 11 is 6.22. The molecule has 2 unspecified atom stereocenters. The number of benzene rings is 1. The van der Waals surface area contributed by atoms with Crippen LogP contribution in [-0.2, 0) is 16.6 Å². The lowest BCUT2D eigenvalue weighted by atomic mass is 9.80. The number of amides is 1. The Hall–Kier alpha value is -3.59. The van der Waals surface area contributed by atoms with E-state index in [0.29, 0.717) is 52.1 Å². The number of nitrogens with zero attached hydrogens (tertiary/aromatic N) is 3. The summed E-state index contributed by atoms with van der Waals surface area (Å²) < 4.78 is 13.1. The fourth-order valence-electron chi connectivity index (χ4n) is 4.71. The maximum Gasteiger partial charge on any atom is 0.413 e. The quantitative estimate of drug-likeness (QED) is 0.368. The smallest absolute Gasteiger partial charge is 0.413 e. The van der Waals surface area contributed by atoms with Crippen LogP contribution >= 0.6 is 11.6 Å². The van der Waals surface area contributed by atoms with Crippen LogP contribution in [0.3, 0.4) is 0 Å². The molecule has 0 saturated heterocycles.